The number of likely N-dealkylation sites (tertiary alicyclic amines) is 1. The van der Waals surface area contributed by atoms with Gasteiger partial charge in [0.15, 0.2) is 0 Å². The van der Waals surface area contributed by atoms with E-state index >= 15 is 4.39 Å². The van der Waals surface area contributed by atoms with Gasteiger partial charge in [-0.2, -0.15) is 13.2 Å². The lowest BCUT2D eigenvalue weighted by Gasteiger charge is -2.17. The van der Waals surface area contributed by atoms with Crippen molar-refractivity contribution in [2.45, 2.75) is 18.5 Å². The first-order valence-electron chi connectivity index (χ1n) is 11.9. The summed E-state index contributed by atoms with van der Waals surface area (Å²) in [6, 6.07) is 9.15. The fraction of sp³-hybridized carbons (Fsp3) is 0.179. The van der Waals surface area contributed by atoms with Crippen LogP contribution in [0.5, 0.6) is 0 Å². The first-order valence-corrected chi connectivity index (χ1v) is 11.9. The Hall–Kier alpha value is -4.67. The number of rotatable bonds is 5. The van der Waals surface area contributed by atoms with Gasteiger partial charge < -0.3 is 10.2 Å². The van der Waals surface area contributed by atoms with Crippen LogP contribution in [0.3, 0.4) is 0 Å². The third kappa shape index (κ3) is 5.33. The average Bonchev–Trinajstić information content (AvgIpc) is 3.42. The predicted molar refractivity (Wildman–Crippen MR) is 136 cm³/mol. The summed E-state index contributed by atoms with van der Waals surface area (Å²) in [5, 5.41) is 2.95. The van der Waals surface area contributed by atoms with Crippen molar-refractivity contribution in [1.29, 1.82) is 0 Å². The quantitative estimate of drug-likeness (QED) is 0.265. The van der Waals surface area contributed by atoms with Crippen molar-refractivity contribution in [2.75, 3.05) is 18.4 Å². The van der Waals surface area contributed by atoms with Crippen molar-refractivity contribution in [1.82, 2.24) is 19.9 Å². The number of alkyl halides is 3. The van der Waals surface area contributed by atoms with Crippen LogP contribution in [-0.4, -0.2) is 44.8 Å². The van der Waals surface area contributed by atoms with Gasteiger partial charge in [-0.15, -0.1) is 0 Å². The maximum Gasteiger partial charge on any atom is 0.416 e. The maximum atomic E-state index is 15.1. The number of carbonyl (C=O) groups excluding carboxylic acids is 2. The second-order valence-corrected chi connectivity index (χ2v) is 9.08. The molecule has 0 spiro atoms. The Morgan fingerprint density at radius 3 is 2.64 bits per heavy atom. The van der Waals surface area contributed by atoms with E-state index in [1.165, 1.54) is 24.5 Å². The second kappa shape index (κ2) is 10.2. The number of benzene rings is 2. The molecule has 3 heterocycles. The molecule has 1 aliphatic rings. The molecule has 0 radical (unpaired) electrons. The summed E-state index contributed by atoms with van der Waals surface area (Å²) in [4.78, 5) is 38.7. The van der Waals surface area contributed by atoms with E-state index in [2.05, 4.69) is 26.8 Å². The van der Waals surface area contributed by atoms with Gasteiger partial charge in [0.1, 0.15) is 18.0 Å². The van der Waals surface area contributed by atoms with Gasteiger partial charge in [-0.1, -0.05) is 12.6 Å². The number of amides is 2. The van der Waals surface area contributed by atoms with Crippen molar-refractivity contribution in [2.24, 2.45) is 0 Å². The third-order valence-corrected chi connectivity index (χ3v) is 6.63. The normalized spacial score (nSPS) is 15.4. The first kappa shape index (κ1) is 26.0. The minimum Gasteiger partial charge on any atom is -0.339 e. The molecule has 0 saturated carbocycles. The Kier molecular flexibility index (Phi) is 6.81. The van der Waals surface area contributed by atoms with Crippen LogP contribution in [0.4, 0.5) is 23.4 Å². The Labute approximate surface area is 220 Å². The molecule has 2 aromatic heterocycles. The van der Waals surface area contributed by atoms with Gasteiger partial charge in [-0.25, -0.2) is 19.3 Å². The third-order valence-electron chi connectivity index (χ3n) is 6.63. The number of nitrogens with zero attached hydrogens (tertiary/aromatic N) is 4. The lowest BCUT2D eigenvalue weighted by molar-refractivity contribution is -0.137. The van der Waals surface area contributed by atoms with Crippen LogP contribution in [0.1, 0.15) is 33.8 Å². The summed E-state index contributed by atoms with van der Waals surface area (Å²) in [5.41, 5.74) is 1.42. The Morgan fingerprint density at radius 2 is 1.90 bits per heavy atom. The minimum atomic E-state index is -4.61. The molecule has 11 heteroatoms. The molecule has 198 valence electrons. The van der Waals surface area contributed by atoms with Crippen LogP contribution in [0.2, 0.25) is 0 Å². The molecule has 1 unspecified atom stereocenters. The molecule has 1 aliphatic heterocycles. The molecule has 0 bridgehead atoms. The van der Waals surface area contributed by atoms with E-state index in [0.717, 1.165) is 35.2 Å². The van der Waals surface area contributed by atoms with Gasteiger partial charge in [-0.3, -0.25) is 9.59 Å². The highest BCUT2D eigenvalue weighted by molar-refractivity contribution is 6.04. The summed E-state index contributed by atoms with van der Waals surface area (Å²) in [6.45, 7) is 4.61. The average molecular weight is 536 g/mol. The first-order chi connectivity index (χ1) is 18.6. The van der Waals surface area contributed by atoms with E-state index in [0.29, 0.717) is 30.3 Å². The summed E-state index contributed by atoms with van der Waals surface area (Å²) in [6.07, 6.45) is 1.39. The number of carbonyl (C=O) groups is 2. The lowest BCUT2D eigenvalue weighted by atomic mass is 9.91. The number of anilines is 1. The van der Waals surface area contributed by atoms with Crippen LogP contribution in [0.15, 0.2) is 73.8 Å². The van der Waals surface area contributed by atoms with Gasteiger partial charge in [0.2, 0.25) is 5.91 Å². The standard InChI is InChI=1S/C28H21F4N5O2/c1-2-25(38)37-8-6-17(14-37)22-10-18(9-19-13-33-15-35-26(19)22)16-3-4-21(23(29)11-16)27(39)36-24-12-20(5-7-34-24)28(30,31)32/h2-5,7,9-13,15,17H,1,6,8,14H2,(H,34,36,39). The fourth-order valence-corrected chi connectivity index (χ4v) is 4.69. The topological polar surface area (TPSA) is 88.1 Å². The molecule has 39 heavy (non-hydrogen) atoms. The van der Waals surface area contributed by atoms with Crippen LogP contribution >= 0.6 is 0 Å². The van der Waals surface area contributed by atoms with Crippen LogP contribution in [0, 0.1) is 5.82 Å². The van der Waals surface area contributed by atoms with Gasteiger partial charge in [0, 0.05) is 36.8 Å². The zero-order chi connectivity index (χ0) is 27.7. The number of pyridine rings is 1. The van der Waals surface area contributed by atoms with E-state index in [4.69, 9.17) is 0 Å². The van der Waals surface area contributed by atoms with Crippen molar-refractivity contribution in [3.05, 3.63) is 96.3 Å². The maximum absolute atomic E-state index is 15.1. The van der Waals surface area contributed by atoms with Crippen molar-refractivity contribution >= 4 is 28.5 Å². The molecule has 7 nitrogen and oxygen atoms in total. The summed E-state index contributed by atoms with van der Waals surface area (Å²) < 4.78 is 54.0. The summed E-state index contributed by atoms with van der Waals surface area (Å²) >= 11 is 0. The minimum absolute atomic E-state index is 0.00103. The Morgan fingerprint density at radius 1 is 1.08 bits per heavy atom. The second-order valence-electron chi connectivity index (χ2n) is 9.08. The van der Waals surface area contributed by atoms with E-state index < -0.39 is 23.5 Å². The van der Waals surface area contributed by atoms with E-state index in [1.54, 1.807) is 17.2 Å². The molecule has 2 amide bonds. The molecule has 5 rings (SSSR count). The fourth-order valence-electron chi connectivity index (χ4n) is 4.69. The SMILES string of the molecule is C=CC(=O)N1CCC(c2cc(-c3ccc(C(=O)Nc4cc(C(F)(F)F)ccn4)c(F)c3)cc3cncnc23)C1. The van der Waals surface area contributed by atoms with E-state index in [9.17, 15) is 22.8 Å². The van der Waals surface area contributed by atoms with Crippen molar-refractivity contribution in [3.63, 3.8) is 0 Å². The molecule has 2 aromatic carbocycles. The van der Waals surface area contributed by atoms with E-state index in [1.807, 2.05) is 12.1 Å². The molecule has 1 atom stereocenters. The van der Waals surface area contributed by atoms with Gasteiger partial charge in [0.25, 0.3) is 5.91 Å². The summed E-state index contributed by atoms with van der Waals surface area (Å²) in [7, 11) is 0. The van der Waals surface area contributed by atoms with Crippen molar-refractivity contribution in [3.8, 4) is 11.1 Å². The predicted octanol–water partition coefficient (Wildman–Crippen LogP) is 5.60. The molecule has 1 N–H and O–H groups in total. The smallest absolute Gasteiger partial charge is 0.339 e. The molecule has 1 saturated heterocycles. The summed E-state index contributed by atoms with van der Waals surface area (Å²) in [5.74, 6) is -2.29. The Bertz CT molecular complexity index is 1600. The van der Waals surface area contributed by atoms with E-state index in [-0.39, 0.29) is 23.2 Å². The molecular weight excluding hydrogens is 514 g/mol. The highest BCUT2D eigenvalue weighted by atomic mass is 19.4. The van der Waals surface area contributed by atoms with Crippen LogP contribution < -0.4 is 5.32 Å². The lowest BCUT2D eigenvalue weighted by Crippen LogP contribution is -2.26. The highest BCUT2D eigenvalue weighted by Gasteiger charge is 2.31. The number of aromatic nitrogens is 3. The highest BCUT2D eigenvalue weighted by Crippen LogP contribution is 2.36. The number of hydrogen-bond donors (Lipinski definition) is 1. The number of halogens is 4. The monoisotopic (exact) mass is 535 g/mol. The molecule has 4 aromatic rings. The zero-order valence-corrected chi connectivity index (χ0v) is 20.4. The van der Waals surface area contributed by atoms with Crippen LogP contribution in [0.25, 0.3) is 22.0 Å². The number of hydrogen-bond acceptors (Lipinski definition) is 5. The molecule has 1 fully saturated rings. The largest absolute Gasteiger partial charge is 0.416 e. The number of fused-ring (bicyclic) bond motifs is 1. The number of nitrogens with one attached hydrogen (secondary N) is 1. The van der Waals surface area contributed by atoms with Gasteiger partial charge in [-0.05, 0) is 65.6 Å². The van der Waals surface area contributed by atoms with Gasteiger partial charge in [0.05, 0.1) is 16.6 Å². The zero-order valence-electron chi connectivity index (χ0n) is 20.4. The van der Waals surface area contributed by atoms with Crippen molar-refractivity contribution < 1.29 is 27.2 Å². The van der Waals surface area contributed by atoms with Gasteiger partial charge >= 0.3 is 6.18 Å². The molecule has 0 aliphatic carbocycles. The Balaban J connectivity index is 1.44. The molecular formula is C28H21F4N5O2. The van der Waals surface area contributed by atoms with Crippen LogP contribution in [-0.2, 0) is 11.0 Å².